The van der Waals surface area contributed by atoms with Gasteiger partial charge < -0.3 is 4.74 Å². The lowest BCUT2D eigenvalue weighted by Crippen LogP contribution is -2.63. The average Bonchev–Trinajstić information content (AvgIpc) is 2.28. The van der Waals surface area contributed by atoms with E-state index in [4.69, 9.17) is 4.74 Å². The lowest BCUT2D eigenvalue weighted by atomic mass is 9.80. The fourth-order valence-electron chi connectivity index (χ4n) is 1.87. The van der Waals surface area contributed by atoms with Crippen LogP contribution in [0.3, 0.4) is 0 Å². The molecule has 1 saturated heterocycles. The molecule has 0 spiro atoms. The van der Waals surface area contributed by atoms with Gasteiger partial charge in [0, 0.05) is 0 Å². The van der Waals surface area contributed by atoms with Crippen molar-refractivity contribution < 1.29 is 19.1 Å². The van der Waals surface area contributed by atoms with Crippen molar-refractivity contribution in [2.75, 3.05) is 6.61 Å². The highest BCUT2D eigenvalue weighted by Crippen LogP contribution is 2.33. The zero-order valence-electron chi connectivity index (χ0n) is 11.5. The van der Waals surface area contributed by atoms with Crippen molar-refractivity contribution in [1.29, 1.82) is 0 Å². The summed E-state index contributed by atoms with van der Waals surface area (Å²) in [6.07, 6.45) is 0.972. The fourth-order valence-corrected chi connectivity index (χ4v) is 1.87. The number of urea groups is 1. The Morgan fingerprint density at radius 1 is 1.26 bits per heavy atom. The van der Waals surface area contributed by atoms with Gasteiger partial charge in [0.05, 0.1) is 6.61 Å². The first-order valence-electron chi connectivity index (χ1n) is 6.33. The predicted molar refractivity (Wildman–Crippen MR) is 69.0 cm³/mol. The molecule has 106 valence electrons. The highest BCUT2D eigenvalue weighted by molar-refractivity contribution is 6.20. The van der Waals surface area contributed by atoms with E-state index < -0.39 is 23.3 Å². The molecule has 19 heavy (non-hydrogen) atoms. The summed E-state index contributed by atoms with van der Waals surface area (Å²) in [5.74, 6) is -0.837. The summed E-state index contributed by atoms with van der Waals surface area (Å²) in [6, 6.07) is -0.811. The lowest BCUT2D eigenvalue weighted by Gasteiger charge is -2.34. The zero-order valence-corrected chi connectivity index (χ0v) is 11.5. The largest absolute Gasteiger partial charge is 0.497 e. The van der Waals surface area contributed by atoms with Crippen molar-refractivity contribution in [2.45, 2.75) is 33.6 Å². The van der Waals surface area contributed by atoms with Crippen LogP contribution in [0.4, 0.5) is 4.79 Å². The molecule has 6 heteroatoms. The number of hydrogen-bond donors (Lipinski definition) is 2. The molecule has 0 aliphatic carbocycles. The fraction of sp³-hybridized carbons (Fsp3) is 0.615. The van der Waals surface area contributed by atoms with Gasteiger partial charge in [-0.15, -0.1) is 0 Å². The van der Waals surface area contributed by atoms with Gasteiger partial charge in [-0.3, -0.25) is 20.2 Å². The molecular weight excluding hydrogens is 248 g/mol. The Balaban J connectivity index is 2.84. The number of nitrogens with one attached hydrogen (secondary N) is 2. The molecule has 0 radical (unpaired) electrons. The normalized spacial score (nSPS) is 18.0. The molecule has 1 rings (SSSR count). The maximum Gasteiger partial charge on any atom is 0.328 e. The summed E-state index contributed by atoms with van der Waals surface area (Å²) in [4.78, 5) is 35.0. The van der Waals surface area contributed by atoms with E-state index in [2.05, 4.69) is 17.2 Å². The van der Waals surface area contributed by atoms with Crippen molar-refractivity contribution in [3.63, 3.8) is 0 Å². The predicted octanol–water partition coefficient (Wildman–Crippen LogP) is 1.33. The molecule has 1 heterocycles. The Morgan fingerprint density at radius 3 is 2.21 bits per heavy atom. The quantitative estimate of drug-likeness (QED) is 0.562. The summed E-state index contributed by atoms with van der Waals surface area (Å²) in [5.41, 5.74) is -1.52. The van der Waals surface area contributed by atoms with Crippen molar-refractivity contribution in [2.24, 2.45) is 11.3 Å². The number of rotatable bonds is 6. The standard InChI is InChI=1S/C13H20N2O4/c1-5-13(9(4)19-7-6-8(2)3)10(16)14-12(18)15-11(13)17/h8H,4-7H2,1-3H3,(H2,14,15,16,17,18). The van der Waals surface area contributed by atoms with Gasteiger partial charge in [0.25, 0.3) is 11.8 Å². The lowest BCUT2D eigenvalue weighted by molar-refractivity contribution is -0.144. The molecule has 6 nitrogen and oxygen atoms in total. The number of imide groups is 2. The van der Waals surface area contributed by atoms with E-state index in [0.717, 1.165) is 6.42 Å². The van der Waals surface area contributed by atoms with E-state index in [-0.39, 0.29) is 12.2 Å². The van der Waals surface area contributed by atoms with Gasteiger partial charge in [0.15, 0.2) is 5.41 Å². The van der Waals surface area contributed by atoms with Crippen molar-refractivity contribution in [3.8, 4) is 0 Å². The molecule has 0 aromatic carbocycles. The number of carbonyl (C=O) groups is 3. The van der Waals surface area contributed by atoms with Crippen LogP contribution in [0.25, 0.3) is 0 Å². The number of carbonyl (C=O) groups excluding carboxylic acids is 3. The van der Waals surface area contributed by atoms with E-state index in [1.165, 1.54) is 0 Å². The maximum atomic E-state index is 12.0. The van der Waals surface area contributed by atoms with Gasteiger partial charge in [0.2, 0.25) is 0 Å². The third-order valence-electron chi connectivity index (χ3n) is 3.21. The van der Waals surface area contributed by atoms with Crippen molar-refractivity contribution in [3.05, 3.63) is 12.3 Å². The van der Waals surface area contributed by atoms with Gasteiger partial charge in [-0.05, 0) is 18.8 Å². The molecule has 0 aromatic heterocycles. The Labute approximate surface area is 112 Å². The van der Waals surface area contributed by atoms with Crippen LogP contribution < -0.4 is 10.6 Å². The summed E-state index contributed by atoms with van der Waals surface area (Å²) in [7, 11) is 0. The molecule has 0 bridgehead atoms. The third kappa shape index (κ3) is 2.94. The van der Waals surface area contributed by atoms with E-state index in [1.807, 2.05) is 13.8 Å². The van der Waals surface area contributed by atoms with E-state index in [0.29, 0.717) is 12.5 Å². The summed E-state index contributed by atoms with van der Waals surface area (Å²) >= 11 is 0. The Morgan fingerprint density at radius 2 is 1.79 bits per heavy atom. The van der Waals surface area contributed by atoms with Crippen LogP contribution in [0.5, 0.6) is 0 Å². The van der Waals surface area contributed by atoms with Crippen LogP contribution in [0, 0.1) is 11.3 Å². The highest BCUT2D eigenvalue weighted by Gasteiger charge is 2.52. The minimum atomic E-state index is -1.52. The van der Waals surface area contributed by atoms with Crippen LogP contribution in [0.1, 0.15) is 33.6 Å². The Hall–Kier alpha value is -1.85. The molecule has 2 N–H and O–H groups in total. The van der Waals surface area contributed by atoms with Crippen LogP contribution in [0.2, 0.25) is 0 Å². The van der Waals surface area contributed by atoms with Crippen LogP contribution in [-0.2, 0) is 14.3 Å². The summed E-state index contributed by atoms with van der Waals surface area (Å²) < 4.78 is 5.44. The minimum Gasteiger partial charge on any atom is -0.497 e. The maximum absolute atomic E-state index is 12.0. The molecule has 1 fully saturated rings. The highest BCUT2D eigenvalue weighted by atomic mass is 16.5. The molecule has 4 amide bonds. The number of amides is 4. The second-order valence-electron chi connectivity index (χ2n) is 4.95. The molecule has 1 aliphatic heterocycles. The van der Waals surface area contributed by atoms with Crippen molar-refractivity contribution in [1.82, 2.24) is 10.6 Å². The smallest absolute Gasteiger partial charge is 0.328 e. The average molecular weight is 268 g/mol. The SMILES string of the molecule is C=C(OCCC(C)C)C1(CC)C(=O)NC(=O)NC1=O. The van der Waals surface area contributed by atoms with E-state index >= 15 is 0 Å². The summed E-state index contributed by atoms with van der Waals surface area (Å²) in [6.45, 7) is 9.83. The van der Waals surface area contributed by atoms with Gasteiger partial charge in [-0.2, -0.15) is 0 Å². The summed E-state index contributed by atoms with van der Waals surface area (Å²) in [5, 5.41) is 4.16. The zero-order chi connectivity index (χ0) is 14.6. The molecule has 0 saturated carbocycles. The topological polar surface area (TPSA) is 84.5 Å². The van der Waals surface area contributed by atoms with Gasteiger partial charge in [0.1, 0.15) is 5.76 Å². The molecular formula is C13H20N2O4. The van der Waals surface area contributed by atoms with Crippen LogP contribution in [0.15, 0.2) is 12.3 Å². The molecule has 0 atom stereocenters. The Kier molecular flexibility index (Phi) is 4.69. The molecule has 0 aromatic rings. The first kappa shape index (κ1) is 15.2. The van der Waals surface area contributed by atoms with Crippen molar-refractivity contribution >= 4 is 17.8 Å². The number of barbiturate groups is 1. The number of hydrogen-bond acceptors (Lipinski definition) is 4. The minimum absolute atomic E-state index is 0.0816. The van der Waals surface area contributed by atoms with Gasteiger partial charge in [-0.1, -0.05) is 27.4 Å². The van der Waals surface area contributed by atoms with Crippen LogP contribution >= 0.6 is 0 Å². The van der Waals surface area contributed by atoms with Crippen LogP contribution in [-0.4, -0.2) is 24.5 Å². The monoisotopic (exact) mass is 268 g/mol. The third-order valence-corrected chi connectivity index (χ3v) is 3.21. The first-order chi connectivity index (χ1) is 8.84. The van der Waals surface area contributed by atoms with E-state index in [9.17, 15) is 14.4 Å². The van der Waals surface area contributed by atoms with E-state index in [1.54, 1.807) is 6.92 Å². The van der Waals surface area contributed by atoms with Gasteiger partial charge in [-0.25, -0.2) is 4.79 Å². The first-order valence-corrected chi connectivity index (χ1v) is 6.33. The molecule has 1 aliphatic rings. The molecule has 0 unspecified atom stereocenters. The number of ether oxygens (including phenoxy) is 1. The van der Waals surface area contributed by atoms with Gasteiger partial charge >= 0.3 is 6.03 Å². The Bertz CT molecular complexity index is 395. The second-order valence-corrected chi connectivity index (χ2v) is 4.95. The second kappa shape index (κ2) is 5.86.